The van der Waals surface area contributed by atoms with Crippen molar-refractivity contribution in [3.05, 3.63) is 35.9 Å². The standard InChI is InChI=1S/C20H31N3O.2ClH/c1-22(20(24)13-17-9-5-11-19(17)21)18-10-6-12-23(15-18)14-16-7-3-2-4-8-16;;/h2-4,7-8,17-19H,5-6,9-15,21H2,1H3;2*1H/t17-,18?,19+;;/m0../s1. The lowest BCUT2D eigenvalue weighted by molar-refractivity contribution is -0.134. The maximum Gasteiger partial charge on any atom is 0.222 e. The topological polar surface area (TPSA) is 49.6 Å². The molecule has 1 heterocycles. The highest BCUT2D eigenvalue weighted by molar-refractivity contribution is 5.85. The van der Waals surface area contributed by atoms with Gasteiger partial charge in [-0.25, -0.2) is 0 Å². The Morgan fingerprint density at radius 3 is 2.54 bits per heavy atom. The molecule has 1 aromatic rings. The van der Waals surface area contributed by atoms with Crippen molar-refractivity contribution in [2.45, 2.75) is 57.2 Å². The van der Waals surface area contributed by atoms with E-state index in [0.29, 0.717) is 18.4 Å². The molecule has 26 heavy (non-hydrogen) atoms. The SMILES string of the molecule is CN(C(=O)C[C@@H]1CCC[C@H]1N)C1CCCN(Cc2ccccc2)C1.Cl.Cl. The Kier molecular flexibility index (Phi) is 9.94. The zero-order valence-corrected chi connectivity index (χ0v) is 17.3. The molecule has 2 N–H and O–H groups in total. The number of nitrogens with two attached hydrogens (primary N) is 1. The van der Waals surface area contributed by atoms with E-state index in [0.717, 1.165) is 45.3 Å². The minimum Gasteiger partial charge on any atom is -0.341 e. The molecular weight excluding hydrogens is 369 g/mol. The lowest BCUT2D eigenvalue weighted by Gasteiger charge is -2.38. The van der Waals surface area contributed by atoms with Crippen molar-refractivity contribution in [3.63, 3.8) is 0 Å². The van der Waals surface area contributed by atoms with Gasteiger partial charge in [-0.3, -0.25) is 9.69 Å². The van der Waals surface area contributed by atoms with Crippen LogP contribution < -0.4 is 5.73 Å². The van der Waals surface area contributed by atoms with Gasteiger partial charge in [0.2, 0.25) is 5.91 Å². The van der Waals surface area contributed by atoms with Crippen molar-refractivity contribution < 1.29 is 4.79 Å². The van der Waals surface area contributed by atoms with Gasteiger partial charge in [-0.1, -0.05) is 36.8 Å². The summed E-state index contributed by atoms with van der Waals surface area (Å²) in [5, 5.41) is 0. The number of carbonyl (C=O) groups excluding carboxylic acids is 1. The second-order valence-electron chi connectivity index (χ2n) is 7.58. The second kappa shape index (κ2) is 11.1. The average molecular weight is 402 g/mol. The van der Waals surface area contributed by atoms with E-state index in [-0.39, 0.29) is 36.8 Å². The van der Waals surface area contributed by atoms with Crippen molar-refractivity contribution in [2.75, 3.05) is 20.1 Å². The summed E-state index contributed by atoms with van der Waals surface area (Å²) in [6.07, 6.45) is 6.29. The molecule has 2 aliphatic rings. The molecular formula is C20H33Cl2N3O. The number of rotatable bonds is 5. The number of benzene rings is 1. The summed E-state index contributed by atoms with van der Waals surface area (Å²) in [6.45, 7) is 3.08. The third kappa shape index (κ3) is 6.12. The highest BCUT2D eigenvalue weighted by Gasteiger charge is 2.30. The van der Waals surface area contributed by atoms with Gasteiger partial charge in [0.1, 0.15) is 0 Å². The Bertz CT molecular complexity index is 543. The minimum atomic E-state index is 0. The molecule has 6 heteroatoms. The third-order valence-electron chi connectivity index (χ3n) is 5.83. The predicted octanol–water partition coefficient (Wildman–Crippen LogP) is 3.47. The fourth-order valence-corrected chi connectivity index (χ4v) is 4.22. The first-order valence-corrected chi connectivity index (χ1v) is 9.41. The molecule has 3 atom stereocenters. The van der Waals surface area contributed by atoms with Gasteiger partial charge >= 0.3 is 0 Å². The Morgan fingerprint density at radius 2 is 1.88 bits per heavy atom. The summed E-state index contributed by atoms with van der Waals surface area (Å²) < 4.78 is 0. The van der Waals surface area contributed by atoms with Crippen molar-refractivity contribution in [2.24, 2.45) is 11.7 Å². The monoisotopic (exact) mass is 401 g/mol. The van der Waals surface area contributed by atoms with Gasteiger partial charge in [-0.05, 0) is 43.7 Å². The quantitative estimate of drug-likeness (QED) is 0.821. The second-order valence-corrected chi connectivity index (χ2v) is 7.58. The fourth-order valence-electron chi connectivity index (χ4n) is 4.22. The van der Waals surface area contributed by atoms with Crippen LogP contribution in [0, 0.1) is 5.92 Å². The maximum absolute atomic E-state index is 12.7. The lowest BCUT2D eigenvalue weighted by atomic mass is 9.98. The van der Waals surface area contributed by atoms with Crippen LogP contribution in [0.25, 0.3) is 0 Å². The van der Waals surface area contributed by atoms with E-state index < -0.39 is 0 Å². The van der Waals surface area contributed by atoms with E-state index in [1.807, 2.05) is 11.9 Å². The predicted molar refractivity (Wildman–Crippen MR) is 112 cm³/mol. The number of amides is 1. The first-order valence-electron chi connectivity index (χ1n) is 9.41. The van der Waals surface area contributed by atoms with Crippen LogP contribution in [0.1, 0.15) is 44.1 Å². The summed E-state index contributed by atoms with van der Waals surface area (Å²) in [5.74, 6) is 0.674. The zero-order chi connectivity index (χ0) is 16.9. The Hall–Kier alpha value is -0.810. The molecule has 1 aliphatic carbocycles. The molecule has 1 aromatic carbocycles. The van der Waals surface area contributed by atoms with Crippen LogP contribution in [0.15, 0.2) is 30.3 Å². The van der Waals surface area contributed by atoms with Crippen LogP contribution in [0.4, 0.5) is 0 Å². The number of nitrogens with zero attached hydrogens (tertiary/aromatic N) is 2. The molecule has 1 saturated heterocycles. The number of hydrogen-bond acceptors (Lipinski definition) is 3. The van der Waals surface area contributed by atoms with E-state index >= 15 is 0 Å². The first kappa shape index (κ1) is 23.2. The Labute approximate surface area is 170 Å². The number of carbonyl (C=O) groups is 1. The molecule has 0 bridgehead atoms. The number of likely N-dealkylation sites (N-methyl/N-ethyl adjacent to an activating group) is 1. The van der Waals surface area contributed by atoms with Gasteiger partial charge in [-0.15, -0.1) is 24.8 Å². The molecule has 1 unspecified atom stereocenters. The van der Waals surface area contributed by atoms with Crippen LogP contribution in [-0.4, -0.2) is 47.9 Å². The van der Waals surface area contributed by atoms with Crippen LogP contribution in [0.3, 0.4) is 0 Å². The van der Waals surface area contributed by atoms with E-state index in [2.05, 4.69) is 35.2 Å². The van der Waals surface area contributed by atoms with Gasteiger partial charge in [0, 0.05) is 38.6 Å². The van der Waals surface area contributed by atoms with E-state index in [1.54, 1.807) is 0 Å². The number of halogens is 2. The summed E-state index contributed by atoms with van der Waals surface area (Å²) in [7, 11) is 1.99. The maximum atomic E-state index is 12.7. The highest BCUT2D eigenvalue weighted by Crippen LogP contribution is 2.28. The largest absolute Gasteiger partial charge is 0.341 e. The summed E-state index contributed by atoms with van der Waals surface area (Å²) in [5.41, 5.74) is 7.49. The highest BCUT2D eigenvalue weighted by atomic mass is 35.5. The molecule has 3 rings (SSSR count). The molecule has 1 aliphatic heterocycles. The van der Waals surface area contributed by atoms with Crippen LogP contribution >= 0.6 is 24.8 Å². The van der Waals surface area contributed by atoms with E-state index in [4.69, 9.17) is 5.73 Å². The van der Waals surface area contributed by atoms with Gasteiger partial charge in [0.05, 0.1) is 0 Å². The summed E-state index contributed by atoms with van der Waals surface area (Å²) >= 11 is 0. The van der Waals surface area contributed by atoms with Crippen molar-refractivity contribution in [1.82, 2.24) is 9.80 Å². The summed E-state index contributed by atoms with van der Waals surface area (Å²) in [4.78, 5) is 17.1. The van der Waals surface area contributed by atoms with Crippen LogP contribution in [0.5, 0.6) is 0 Å². The van der Waals surface area contributed by atoms with E-state index in [1.165, 1.54) is 12.0 Å². The molecule has 0 aromatic heterocycles. The van der Waals surface area contributed by atoms with Crippen LogP contribution in [-0.2, 0) is 11.3 Å². The Balaban J connectivity index is 0.00000169. The molecule has 1 amide bonds. The normalized spacial score (nSPS) is 25.8. The zero-order valence-electron chi connectivity index (χ0n) is 15.7. The number of likely N-dealkylation sites (tertiary alicyclic amines) is 1. The Morgan fingerprint density at radius 1 is 1.15 bits per heavy atom. The van der Waals surface area contributed by atoms with Crippen molar-refractivity contribution in [1.29, 1.82) is 0 Å². The minimum absolute atomic E-state index is 0. The average Bonchev–Trinajstić information content (AvgIpc) is 3.00. The first-order chi connectivity index (χ1) is 11.6. The van der Waals surface area contributed by atoms with Gasteiger partial charge in [0.25, 0.3) is 0 Å². The number of piperidine rings is 1. The van der Waals surface area contributed by atoms with Gasteiger partial charge in [0.15, 0.2) is 0 Å². The van der Waals surface area contributed by atoms with E-state index in [9.17, 15) is 4.79 Å². The van der Waals surface area contributed by atoms with Gasteiger partial charge in [-0.2, -0.15) is 0 Å². The lowest BCUT2D eigenvalue weighted by Crippen LogP contribution is -2.48. The van der Waals surface area contributed by atoms with Gasteiger partial charge < -0.3 is 10.6 Å². The van der Waals surface area contributed by atoms with Crippen molar-refractivity contribution in [3.8, 4) is 0 Å². The van der Waals surface area contributed by atoms with Crippen LogP contribution in [0.2, 0.25) is 0 Å². The molecule has 0 spiro atoms. The third-order valence-corrected chi connectivity index (χ3v) is 5.83. The number of hydrogen-bond donors (Lipinski definition) is 1. The van der Waals surface area contributed by atoms with Crippen molar-refractivity contribution >= 4 is 30.7 Å². The molecule has 4 nitrogen and oxygen atoms in total. The molecule has 2 fully saturated rings. The molecule has 0 radical (unpaired) electrons. The molecule has 148 valence electrons. The molecule has 1 saturated carbocycles. The smallest absolute Gasteiger partial charge is 0.222 e. The fraction of sp³-hybridized carbons (Fsp3) is 0.650. The summed E-state index contributed by atoms with van der Waals surface area (Å²) in [6, 6.07) is 11.2.